The van der Waals surface area contributed by atoms with Gasteiger partial charge in [0, 0.05) is 19.5 Å². The van der Waals surface area contributed by atoms with Crippen molar-refractivity contribution in [3.63, 3.8) is 0 Å². The van der Waals surface area contributed by atoms with Gasteiger partial charge in [0.05, 0.1) is 6.73 Å². The maximum Gasteiger partial charge on any atom is 0.0951 e. The molecule has 0 amide bonds. The fourth-order valence-electron chi connectivity index (χ4n) is 0. The van der Waals surface area contributed by atoms with Gasteiger partial charge in [0.15, 0.2) is 0 Å². The average Bonchev–Trinajstić information content (AvgIpc) is 1.38. The summed E-state index contributed by atoms with van der Waals surface area (Å²) in [5.74, 6) is 0. The first-order chi connectivity index (χ1) is 2.27. The second-order valence-electron chi connectivity index (χ2n) is 1.22. The first-order valence-corrected chi connectivity index (χ1v) is 1.53. The van der Waals surface area contributed by atoms with Crippen molar-refractivity contribution in [1.29, 1.82) is 0 Å². The molecular formula is C3H9NOZn. The number of aliphatic hydroxyl groups is 1. The van der Waals surface area contributed by atoms with Crippen molar-refractivity contribution in [2.45, 2.75) is 0 Å². The molecule has 0 aromatic heterocycles. The van der Waals surface area contributed by atoms with Crippen LogP contribution in [0.15, 0.2) is 0 Å². The maximum absolute atomic E-state index is 8.07. The van der Waals surface area contributed by atoms with Gasteiger partial charge in [-0.25, -0.2) is 0 Å². The molecule has 0 aromatic rings. The normalized spacial score (nSPS) is 8.00. The molecule has 0 unspecified atom stereocenters. The Bertz CT molecular complexity index is 24.8. The van der Waals surface area contributed by atoms with Crippen LogP contribution in [-0.4, -0.2) is 30.8 Å². The van der Waals surface area contributed by atoms with Crippen molar-refractivity contribution >= 4 is 0 Å². The molecule has 2 nitrogen and oxygen atoms in total. The molecule has 0 heterocycles. The Morgan fingerprint density at radius 2 is 1.67 bits per heavy atom. The molecule has 0 spiro atoms. The molecule has 0 fully saturated rings. The maximum atomic E-state index is 8.07. The number of aliphatic hydroxyl groups excluding tert-OH is 1. The molecule has 6 heavy (non-hydrogen) atoms. The molecule has 1 N–H and O–H groups in total. The number of hydrogen-bond donors (Lipinski definition) is 1. The first kappa shape index (κ1) is 9.74. The zero-order chi connectivity index (χ0) is 4.28. The van der Waals surface area contributed by atoms with Crippen LogP contribution in [0.2, 0.25) is 0 Å². The van der Waals surface area contributed by atoms with Crippen LogP contribution in [0.5, 0.6) is 0 Å². The van der Waals surface area contributed by atoms with E-state index in [0.29, 0.717) is 0 Å². The van der Waals surface area contributed by atoms with E-state index in [1.54, 1.807) is 19.0 Å². The summed E-state index contributed by atoms with van der Waals surface area (Å²) in [6, 6.07) is 0. The molecule has 3 heteroatoms. The Balaban J connectivity index is 0. The molecule has 34 valence electrons. The summed E-state index contributed by atoms with van der Waals surface area (Å²) < 4.78 is 0. The Kier molecular flexibility index (Phi) is 9.00. The summed E-state index contributed by atoms with van der Waals surface area (Å²) >= 11 is 0. The number of nitrogens with zero attached hydrogens (tertiary/aromatic N) is 1. The zero-order valence-corrected chi connectivity index (χ0v) is 7.28. The zero-order valence-electron chi connectivity index (χ0n) is 4.31. The van der Waals surface area contributed by atoms with Gasteiger partial charge in [-0.05, 0) is 14.1 Å². The molecule has 0 saturated carbocycles. The predicted octanol–water partition coefficient (Wildman–Crippen LogP) is -0.505. The largest absolute Gasteiger partial charge is 0.381 e. The third-order valence-electron chi connectivity index (χ3n) is 0.283. The second kappa shape index (κ2) is 5.54. The van der Waals surface area contributed by atoms with Crippen LogP contribution >= 0.6 is 0 Å². The first-order valence-electron chi connectivity index (χ1n) is 1.53. The quantitative estimate of drug-likeness (QED) is 0.392. The Morgan fingerprint density at radius 1 is 1.50 bits per heavy atom. The molecule has 0 rings (SSSR count). The Labute approximate surface area is 50.9 Å². The van der Waals surface area contributed by atoms with Gasteiger partial charge in [-0.1, -0.05) is 0 Å². The van der Waals surface area contributed by atoms with Crippen LogP contribution in [0.1, 0.15) is 0 Å². The summed E-state index contributed by atoms with van der Waals surface area (Å²) in [5.41, 5.74) is 0. The van der Waals surface area contributed by atoms with Crippen molar-refractivity contribution in [2.24, 2.45) is 0 Å². The van der Waals surface area contributed by atoms with Crippen LogP contribution in [0, 0.1) is 0 Å². The van der Waals surface area contributed by atoms with Gasteiger partial charge in [-0.2, -0.15) is 0 Å². The molecule has 0 bridgehead atoms. The van der Waals surface area contributed by atoms with E-state index < -0.39 is 0 Å². The summed E-state index contributed by atoms with van der Waals surface area (Å²) in [4.78, 5) is 1.68. The third kappa shape index (κ3) is 8.82. The Morgan fingerprint density at radius 3 is 1.67 bits per heavy atom. The van der Waals surface area contributed by atoms with Gasteiger partial charge in [0.2, 0.25) is 0 Å². The molecule has 0 aliphatic carbocycles. The fraction of sp³-hybridized carbons (Fsp3) is 1.00. The van der Waals surface area contributed by atoms with Crippen molar-refractivity contribution in [2.75, 3.05) is 20.8 Å². The van der Waals surface area contributed by atoms with E-state index in [2.05, 4.69) is 0 Å². The van der Waals surface area contributed by atoms with Crippen LogP contribution in [0.25, 0.3) is 0 Å². The summed E-state index contributed by atoms with van der Waals surface area (Å²) in [6.07, 6.45) is 0. The minimum Gasteiger partial charge on any atom is -0.381 e. The second-order valence-corrected chi connectivity index (χ2v) is 1.22. The van der Waals surface area contributed by atoms with E-state index >= 15 is 0 Å². The van der Waals surface area contributed by atoms with E-state index in [-0.39, 0.29) is 26.2 Å². The van der Waals surface area contributed by atoms with E-state index in [4.69, 9.17) is 5.11 Å². The number of hydrogen-bond acceptors (Lipinski definition) is 2. The van der Waals surface area contributed by atoms with Crippen LogP contribution in [0.4, 0.5) is 0 Å². The molecule has 0 radical (unpaired) electrons. The number of rotatable bonds is 1. The standard InChI is InChI=1S/C3H9NO.Zn/c1-4(2)3-5;/h5H,3H2,1-2H3;. The monoisotopic (exact) mass is 139 g/mol. The van der Waals surface area contributed by atoms with Crippen LogP contribution in [0.3, 0.4) is 0 Å². The van der Waals surface area contributed by atoms with E-state index in [0.717, 1.165) is 0 Å². The fourth-order valence-corrected chi connectivity index (χ4v) is 0. The molecule has 0 aliphatic heterocycles. The Hall–Kier alpha value is 0.543. The minimum atomic E-state index is 0. The van der Waals surface area contributed by atoms with Crippen molar-refractivity contribution in [3.8, 4) is 0 Å². The van der Waals surface area contributed by atoms with Gasteiger partial charge in [-0.15, -0.1) is 0 Å². The summed E-state index contributed by atoms with van der Waals surface area (Å²) in [6.45, 7) is 0.139. The van der Waals surface area contributed by atoms with Crippen molar-refractivity contribution < 1.29 is 24.6 Å². The SMILES string of the molecule is CN(C)CO.[Zn]. The van der Waals surface area contributed by atoms with Crippen molar-refractivity contribution in [3.05, 3.63) is 0 Å². The third-order valence-corrected chi connectivity index (χ3v) is 0.283. The topological polar surface area (TPSA) is 23.5 Å². The minimum absolute atomic E-state index is 0. The molecule has 0 atom stereocenters. The van der Waals surface area contributed by atoms with E-state index in [9.17, 15) is 0 Å². The van der Waals surface area contributed by atoms with E-state index in [1.165, 1.54) is 0 Å². The van der Waals surface area contributed by atoms with Gasteiger partial charge < -0.3 is 5.11 Å². The van der Waals surface area contributed by atoms with Gasteiger partial charge in [0.25, 0.3) is 0 Å². The van der Waals surface area contributed by atoms with Gasteiger partial charge >= 0.3 is 0 Å². The summed E-state index contributed by atoms with van der Waals surface area (Å²) in [7, 11) is 3.61. The smallest absolute Gasteiger partial charge is 0.0951 e. The van der Waals surface area contributed by atoms with Crippen molar-refractivity contribution in [1.82, 2.24) is 4.90 Å². The average molecular weight is 141 g/mol. The molecule has 0 aromatic carbocycles. The van der Waals surface area contributed by atoms with Gasteiger partial charge in [-0.3, -0.25) is 4.90 Å². The molecular weight excluding hydrogens is 131 g/mol. The molecule has 0 saturated heterocycles. The van der Waals surface area contributed by atoms with Crippen LogP contribution < -0.4 is 0 Å². The predicted molar refractivity (Wildman–Crippen MR) is 20.8 cm³/mol. The van der Waals surface area contributed by atoms with E-state index in [1.807, 2.05) is 0 Å². The summed E-state index contributed by atoms with van der Waals surface area (Å²) in [5, 5.41) is 8.07. The van der Waals surface area contributed by atoms with Gasteiger partial charge in [0.1, 0.15) is 0 Å². The molecule has 0 aliphatic rings. The van der Waals surface area contributed by atoms with Crippen LogP contribution in [-0.2, 0) is 19.5 Å².